The fraction of sp³-hybridized carbons (Fsp3) is 0.571. The second-order valence-electron chi connectivity index (χ2n) is 4.86. The van der Waals surface area contributed by atoms with Crippen molar-refractivity contribution in [2.24, 2.45) is 5.73 Å². The summed E-state index contributed by atoms with van der Waals surface area (Å²) in [5, 5.41) is 0. The van der Waals surface area contributed by atoms with E-state index in [1.807, 2.05) is 23.2 Å². The number of nitrogens with zero attached hydrogens (tertiary/aromatic N) is 2. The van der Waals surface area contributed by atoms with Crippen molar-refractivity contribution >= 4 is 5.91 Å². The number of hydrogen-bond donors (Lipinski definition) is 1. The molecule has 1 heterocycles. The van der Waals surface area contributed by atoms with Crippen LogP contribution in [0.15, 0.2) is 24.5 Å². The van der Waals surface area contributed by atoms with Gasteiger partial charge in [0, 0.05) is 31.4 Å². The van der Waals surface area contributed by atoms with E-state index in [0.29, 0.717) is 25.6 Å². The predicted molar refractivity (Wildman–Crippen MR) is 70.7 cm³/mol. The Morgan fingerprint density at radius 3 is 2.89 bits per heavy atom. The average Bonchev–Trinajstić information content (AvgIpc) is 3.21. The number of unbranched alkanes of at least 4 members (excludes halogenated alkanes) is 1. The second kappa shape index (κ2) is 6.50. The molecular weight excluding hydrogens is 226 g/mol. The number of aromatic nitrogens is 1. The Kier molecular flexibility index (Phi) is 4.70. The van der Waals surface area contributed by atoms with Gasteiger partial charge in [0.1, 0.15) is 0 Å². The first-order valence-electron chi connectivity index (χ1n) is 6.69. The Balaban J connectivity index is 1.89. The Bertz CT molecular complexity index is 376. The number of nitrogens with two attached hydrogens (primary N) is 1. The van der Waals surface area contributed by atoms with E-state index < -0.39 is 0 Å². The first-order valence-corrected chi connectivity index (χ1v) is 6.69. The summed E-state index contributed by atoms with van der Waals surface area (Å²) in [6.07, 6.45) is 8.32. The molecule has 0 bridgehead atoms. The topological polar surface area (TPSA) is 59.2 Å². The van der Waals surface area contributed by atoms with E-state index in [-0.39, 0.29) is 5.91 Å². The summed E-state index contributed by atoms with van der Waals surface area (Å²) >= 11 is 0. The van der Waals surface area contributed by atoms with Crippen LogP contribution >= 0.6 is 0 Å². The van der Waals surface area contributed by atoms with Gasteiger partial charge < -0.3 is 10.6 Å². The lowest BCUT2D eigenvalue weighted by molar-refractivity contribution is -0.132. The zero-order valence-corrected chi connectivity index (χ0v) is 10.7. The highest BCUT2D eigenvalue weighted by molar-refractivity contribution is 5.76. The summed E-state index contributed by atoms with van der Waals surface area (Å²) in [6, 6.07) is 4.39. The molecule has 0 atom stereocenters. The van der Waals surface area contributed by atoms with Gasteiger partial charge in [-0.25, -0.2) is 0 Å². The Morgan fingerprint density at radius 1 is 1.44 bits per heavy atom. The highest BCUT2D eigenvalue weighted by Crippen LogP contribution is 2.29. The molecule has 0 saturated heterocycles. The number of pyridine rings is 1. The van der Waals surface area contributed by atoms with E-state index in [2.05, 4.69) is 4.98 Å². The fourth-order valence-electron chi connectivity index (χ4n) is 2.06. The van der Waals surface area contributed by atoms with Gasteiger partial charge >= 0.3 is 0 Å². The molecule has 98 valence electrons. The highest BCUT2D eigenvalue weighted by atomic mass is 16.2. The molecule has 1 aromatic rings. The molecule has 2 rings (SSSR count). The molecule has 4 nitrogen and oxygen atoms in total. The van der Waals surface area contributed by atoms with E-state index in [9.17, 15) is 4.79 Å². The van der Waals surface area contributed by atoms with E-state index in [4.69, 9.17) is 5.73 Å². The van der Waals surface area contributed by atoms with Crippen LogP contribution < -0.4 is 5.73 Å². The van der Waals surface area contributed by atoms with E-state index in [0.717, 1.165) is 31.2 Å². The molecule has 0 aliphatic heterocycles. The molecule has 0 unspecified atom stereocenters. The summed E-state index contributed by atoms with van der Waals surface area (Å²) in [7, 11) is 0. The van der Waals surface area contributed by atoms with Gasteiger partial charge in [-0.1, -0.05) is 6.07 Å². The lowest BCUT2D eigenvalue weighted by Gasteiger charge is -2.22. The molecule has 1 fully saturated rings. The van der Waals surface area contributed by atoms with E-state index in [1.165, 1.54) is 0 Å². The standard InChI is InChI=1S/C14H21N3O/c15-8-2-1-5-14(18)17(13-6-7-13)11-12-4-3-9-16-10-12/h3-4,9-10,13H,1-2,5-8,11,15H2. The van der Waals surface area contributed by atoms with Gasteiger partial charge in [-0.2, -0.15) is 0 Å². The van der Waals surface area contributed by atoms with Crippen molar-refractivity contribution in [3.8, 4) is 0 Å². The van der Waals surface area contributed by atoms with E-state index >= 15 is 0 Å². The van der Waals surface area contributed by atoms with Gasteiger partial charge in [-0.3, -0.25) is 9.78 Å². The summed E-state index contributed by atoms with van der Waals surface area (Å²) in [5.41, 5.74) is 6.56. The molecule has 1 aliphatic rings. The van der Waals surface area contributed by atoms with Gasteiger partial charge in [0.05, 0.1) is 0 Å². The van der Waals surface area contributed by atoms with Crippen molar-refractivity contribution < 1.29 is 4.79 Å². The van der Waals surface area contributed by atoms with E-state index in [1.54, 1.807) is 6.20 Å². The van der Waals surface area contributed by atoms with Gasteiger partial charge in [-0.05, 0) is 43.9 Å². The Hall–Kier alpha value is -1.42. The van der Waals surface area contributed by atoms with Gasteiger partial charge in [0.25, 0.3) is 0 Å². The van der Waals surface area contributed by atoms with Crippen LogP contribution in [0, 0.1) is 0 Å². The maximum absolute atomic E-state index is 12.2. The van der Waals surface area contributed by atoms with Crippen molar-refractivity contribution in [3.05, 3.63) is 30.1 Å². The summed E-state index contributed by atoms with van der Waals surface area (Å²) < 4.78 is 0. The summed E-state index contributed by atoms with van der Waals surface area (Å²) in [6.45, 7) is 1.36. The van der Waals surface area contributed by atoms with Crippen LogP contribution in [-0.4, -0.2) is 28.4 Å². The van der Waals surface area contributed by atoms with Crippen molar-refractivity contribution in [1.29, 1.82) is 0 Å². The molecule has 0 radical (unpaired) electrons. The third-order valence-electron chi connectivity index (χ3n) is 3.23. The van der Waals surface area contributed by atoms with Crippen LogP contribution in [0.3, 0.4) is 0 Å². The number of rotatable bonds is 7. The fourth-order valence-corrected chi connectivity index (χ4v) is 2.06. The van der Waals surface area contributed by atoms with Crippen molar-refractivity contribution in [2.75, 3.05) is 6.54 Å². The number of hydrogen-bond acceptors (Lipinski definition) is 3. The maximum Gasteiger partial charge on any atom is 0.223 e. The first kappa shape index (κ1) is 13.0. The lowest BCUT2D eigenvalue weighted by atomic mass is 10.2. The molecule has 1 amide bonds. The highest BCUT2D eigenvalue weighted by Gasteiger charge is 2.31. The predicted octanol–water partition coefficient (Wildman–Crippen LogP) is 1.70. The van der Waals surface area contributed by atoms with Gasteiger partial charge in [0.15, 0.2) is 0 Å². The maximum atomic E-state index is 12.2. The number of carbonyl (C=O) groups excluding carboxylic acids is 1. The zero-order chi connectivity index (χ0) is 12.8. The third kappa shape index (κ3) is 3.81. The molecule has 1 aliphatic carbocycles. The SMILES string of the molecule is NCCCCC(=O)N(Cc1cccnc1)C1CC1. The van der Waals surface area contributed by atoms with Crippen LogP contribution in [0.4, 0.5) is 0 Å². The largest absolute Gasteiger partial charge is 0.335 e. The minimum Gasteiger partial charge on any atom is -0.335 e. The third-order valence-corrected chi connectivity index (χ3v) is 3.23. The molecule has 0 spiro atoms. The Labute approximate surface area is 108 Å². The molecule has 18 heavy (non-hydrogen) atoms. The van der Waals surface area contributed by atoms with Crippen LogP contribution in [0.2, 0.25) is 0 Å². The minimum absolute atomic E-state index is 0.259. The average molecular weight is 247 g/mol. The second-order valence-corrected chi connectivity index (χ2v) is 4.86. The normalized spacial score (nSPS) is 14.5. The van der Waals surface area contributed by atoms with Crippen LogP contribution in [-0.2, 0) is 11.3 Å². The smallest absolute Gasteiger partial charge is 0.223 e. The minimum atomic E-state index is 0.259. The lowest BCUT2D eigenvalue weighted by Crippen LogP contribution is -2.32. The van der Waals surface area contributed by atoms with Gasteiger partial charge in [-0.15, -0.1) is 0 Å². The number of carbonyl (C=O) groups is 1. The first-order chi connectivity index (χ1) is 8.81. The molecular formula is C14H21N3O. The molecule has 4 heteroatoms. The molecule has 2 N–H and O–H groups in total. The summed E-state index contributed by atoms with van der Waals surface area (Å²) in [4.78, 5) is 18.3. The summed E-state index contributed by atoms with van der Waals surface area (Å²) in [5.74, 6) is 0.259. The Morgan fingerprint density at radius 2 is 2.28 bits per heavy atom. The zero-order valence-electron chi connectivity index (χ0n) is 10.7. The quantitative estimate of drug-likeness (QED) is 0.746. The monoisotopic (exact) mass is 247 g/mol. The van der Waals surface area contributed by atoms with Crippen molar-refractivity contribution in [1.82, 2.24) is 9.88 Å². The van der Waals surface area contributed by atoms with Crippen LogP contribution in [0.5, 0.6) is 0 Å². The van der Waals surface area contributed by atoms with Crippen LogP contribution in [0.25, 0.3) is 0 Å². The molecule has 0 aromatic carbocycles. The number of amides is 1. The molecule has 1 saturated carbocycles. The van der Waals surface area contributed by atoms with Gasteiger partial charge in [0.2, 0.25) is 5.91 Å². The van der Waals surface area contributed by atoms with Crippen molar-refractivity contribution in [3.63, 3.8) is 0 Å². The van der Waals surface area contributed by atoms with Crippen LogP contribution in [0.1, 0.15) is 37.7 Å². The van der Waals surface area contributed by atoms with Crippen molar-refractivity contribution in [2.45, 2.75) is 44.7 Å². The molecule has 1 aromatic heterocycles.